The highest BCUT2D eigenvalue weighted by Crippen LogP contribution is 2.37. The van der Waals surface area contributed by atoms with Crippen LogP contribution in [0.15, 0.2) is 24.3 Å². The van der Waals surface area contributed by atoms with E-state index in [1.165, 1.54) is 11.0 Å². The van der Waals surface area contributed by atoms with Crippen molar-refractivity contribution in [3.05, 3.63) is 35.6 Å². The number of β-amino-alcohol motifs (C(OH)–C–C–N with tert-alkyl or cyclic N) is 1. The molecule has 0 unspecified atom stereocenters. The molecular formula is C16H18FN3O3. The predicted octanol–water partition coefficient (Wildman–Crippen LogP) is -0.528. The number of nitrogens with zero attached hydrogens (tertiary/aromatic N) is 2. The molecule has 3 heterocycles. The Hall–Kier alpha value is -1.83. The van der Waals surface area contributed by atoms with Gasteiger partial charge in [0.05, 0.1) is 18.7 Å². The van der Waals surface area contributed by atoms with Crippen molar-refractivity contribution in [2.24, 2.45) is 0 Å². The molecule has 4 rings (SSSR count). The molecular weight excluding hydrogens is 301 g/mol. The van der Waals surface area contributed by atoms with Gasteiger partial charge in [0.1, 0.15) is 11.4 Å². The first kappa shape index (κ1) is 14.7. The van der Waals surface area contributed by atoms with E-state index in [-0.39, 0.29) is 18.4 Å². The molecule has 2 atom stereocenters. The first-order chi connectivity index (χ1) is 11.0. The molecule has 2 N–H and O–H groups in total. The van der Waals surface area contributed by atoms with Gasteiger partial charge in [0.15, 0.2) is 0 Å². The Bertz CT molecular complexity index is 676. The summed E-state index contributed by atoms with van der Waals surface area (Å²) in [6.45, 7) is 1.18. The number of rotatable bonds is 2. The van der Waals surface area contributed by atoms with Gasteiger partial charge >= 0.3 is 0 Å². The molecule has 2 amide bonds. The van der Waals surface area contributed by atoms with E-state index >= 15 is 0 Å². The van der Waals surface area contributed by atoms with Crippen molar-refractivity contribution >= 4 is 11.8 Å². The molecule has 1 spiro atoms. The van der Waals surface area contributed by atoms with E-state index in [9.17, 15) is 19.1 Å². The van der Waals surface area contributed by atoms with Crippen LogP contribution in [0.3, 0.4) is 0 Å². The maximum Gasteiger partial charge on any atom is 0.252 e. The largest absolute Gasteiger partial charge is 0.392 e. The molecule has 1 aromatic carbocycles. The highest BCUT2D eigenvalue weighted by molar-refractivity contribution is 6.06. The Kier molecular flexibility index (Phi) is 3.26. The predicted molar refractivity (Wildman–Crippen MR) is 78.7 cm³/mol. The number of benzene rings is 1. The minimum atomic E-state index is -0.776. The second kappa shape index (κ2) is 5.09. The lowest BCUT2D eigenvalue weighted by atomic mass is 9.84. The van der Waals surface area contributed by atoms with E-state index < -0.39 is 23.5 Å². The summed E-state index contributed by atoms with van der Waals surface area (Å²) in [4.78, 5) is 28.6. The van der Waals surface area contributed by atoms with Gasteiger partial charge in [-0.1, -0.05) is 18.2 Å². The number of aliphatic hydroxyl groups excluding tert-OH is 1. The summed E-state index contributed by atoms with van der Waals surface area (Å²) in [6, 6.07) is 5.66. The summed E-state index contributed by atoms with van der Waals surface area (Å²) in [6.07, 6.45) is -0.288. The van der Waals surface area contributed by atoms with Crippen LogP contribution in [0, 0.1) is 5.82 Å². The fraction of sp³-hybridized carbons (Fsp3) is 0.500. The highest BCUT2D eigenvalue weighted by Gasteiger charge is 2.62. The number of imide groups is 1. The minimum Gasteiger partial charge on any atom is -0.392 e. The third-order valence-corrected chi connectivity index (χ3v) is 5.14. The molecule has 7 heteroatoms. The van der Waals surface area contributed by atoms with E-state index in [1.54, 1.807) is 18.2 Å². The summed E-state index contributed by atoms with van der Waals surface area (Å²) in [5.41, 5.74) is -0.454. The number of piperazine rings is 1. The number of halogens is 1. The van der Waals surface area contributed by atoms with Gasteiger partial charge in [-0.2, -0.15) is 0 Å². The Morgan fingerprint density at radius 2 is 2.04 bits per heavy atom. The van der Waals surface area contributed by atoms with Gasteiger partial charge in [-0.15, -0.1) is 0 Å². The maximum absolute atomic E-state index is 13.9. The van der Waals surface area contributed by atoms with Gasteiger partial charge in [0.2, 0.25) is 5.91 Å². The lowest BCUT2D eigenvalue weighted by Crippen LogP contribution is -2.80. The third kappa shape index (κ3) is 2.04. The van der Waals surface area contributed by atoms with Crippen LogP contribution in [0.5, 0.6) is 0 Å². The van der Waals surface area contributed by atoms with Gasteiger partial charge in [0, 0.05) is 25.2 Å². The van der Waals surface area contributed by atoms with Gasteiger partial charge in [-0.05, 0) is 12.5 Å². The van der Waals surface area contributed by atoms with Crippen molar-refractivity contribution in [2.75, 3.05) is 19.6 Å². The van der Waals surface area contributed by atoms with E-state index in [2.05, 4.69) is 5.32 Å². The van der Waals surface area contributed by atoms with Crippen molar-refractivity contribution in [2.45, 2.75) is 30.7 Å². The van der Waals surface area contributed by atoms with Crippen LogP contribution in [0.25, 0.3) is 0 Å². The molecule has 3 aliphatic heterocycles. The molecule has 1 aromatic rings. The van der Waals surface area contributed by atoms with E-state index in [1.807, 2.05) is 4.90 Å². The molecule has 122 valence electrons. The maximum atomic E-state index is 13.9. The van der Waals surface area contributed by atoms with Crippen molar-refractivity contribution in [1.29, 1.82) is 0 Å². The molecule has 3 aliphatic rings. The number of amides is 2. The molecule has 23 heavy (non-hydrogen) atoms. The molecule has 3 saturated heterocycles. The Morgan fingerprint density at radius 3 is 2.70 bits per heavy atom. The Balaban J connectivity index is 1.68. The minimum absolute atomic E-state index is 0.0630. The van der Waals surface area contributed by atoms with E-state index in [0.29, 0.717) is 31.6 Å². The van der Waals surface area contributed by atoms with E-state index in [0.717, 1.165) is 0 Å². The van der Waals surface area contributed by atoms with Gasteiger partial charge in [-0.3, -0.25) is 19.4 Å². The summed E-state index contributed by atoms with van der Waals surface area (Å²) in [5, 5.41) is 13.0. The average Bonchev–Trinajstić information content (AvgIpc) is 2.86. The van der Waals surface area contributed by atoms with E-state index in [4.69, 9.17) is 0 Å². The average molecular weight is 319 g/mol. The van der Waals surface area contributed by atoms with Crippen molar-refractivity contribution < 1.29 is 19.1 Å². The number of fused-ring (bicyclic) bond motifs is 2. The molecule has 0 bridgehead atoms. The van der Waals surface area contributed by atoms with Crippen molar-refractivity contribution in [3.8, 4) is 0 Å². The summed E-state index contributed by atoms with van der Waals surface area (Å²) in [5.74, 6) is -1.06. The monoisotopic (exact) mass is 319 g/mol. The molecule has 0 saturated carbocycles. The first-order valence-corrected chi connectivity index (χ1v) is 7.78. The topological polar surface area (TPSA) is 72.9 Å². The number of nitrogens with one attached hydrogen (secondary N) is 1. The zero-order valence-corrected chi connectivity index (χ0v) is 12.5. The summed E-state index contributed by atoms with van der Waals surface area (Å²) >= 11 is 0. The Labute approximate surface area is 132 Å². The molecule has 0 aliphatic carbocycles. The van der Waals surface area contributed by atoms with Crippen LogP contribution >= 0.6 is 0 Å². The molecule has 6 nitrogen and oxygen atoms in total. The number of hydrogen-bond acceptors (Lipinski definition) is 5. The van der Waals surface area contributed by atoms with Crippen LogP contribution in [0.2, 0.25) is 0 Å². The van der Waals surface area contributed by atoms with Crippen LogP contribution in [-0.4, -0.2) is 64.0 Å². The third-order valence-electron chi connectivity index (χ3n) is 5.14. The van der Waals surface area contributed by atoms with Gasteiger partial charge in [-0.25, -0.2) is 4.39 Å². The van der Waals surface area contributed by atoms with Gasteiger partial charge < -0.3 is 10.4 Å². The lowest BCUT2D eigenvalue weighted by Gasteiger charge is -2.54. The Morgan fingerprint density at radius 1 is 1.30 bits per heavy atom. The second-order valence-electron chi connectivity index (χ2n) is 6.51. The van der Waals surface area contributed by atoms with Crippen molar-refractivity contribution in [1.82, 2.24) is 15.1 Å². The number of hydrogen-bond donors (Lipinski definition) is 2. The van der Waals surface area contributed by atoms with Crippen LogP contribution < -0.4 is 5.32 Å². The molecule has 0 radical (unpaired) electrons. The quantitative estimate of drug-likeness (QED) is 0.717. The SMILES string of the molecule is O=C1[C@@H]2C[C@@H](O)CN2C2(CNC2)C(=O)N1Cc1ccccc1F. The van der Waals surface area contributed by atoms with Crippen LogP contribution in [0.1, 0.15) is 12.0 Å². The standard InChI is InChI=1S/C16H18FN3O3/c17-12-4-2-1-3-10(12)6-19-14(22)13-5-11(21)7-20(13)16(15(19)23)8-18-9-16/h1-4,11,13,18,21H,5-9H2/t11-,13+/m1/s1. The zero-order chi connectivity index (χ0) is 16.2. The smallest absolute Gasteiger partial charge is 0.252 e. The number of carbonyl (C=O) groups is 2. The summed E-state index contributed by atoms with van der Waals surface area (Å²) < 4.78 is 13.9. The fourth-order valence-electron chi connectivity index (χ4n) is 3.84. The second-order valence-corrected chi connectivity index (χ2v) is 6.51. The normalized spacial score (nSPS) is 29.7. The molecule has 3 fully saturated rings. The summed E-state index contributed by atoms with van der Waals surface area (Å²) in [7, 11) is 0. The van der Waals surface area contributed by atoms with Crippen molar-refractivity contribution in [3.63, 3.8) is 0 Å². The molecule has 0 aromatic heterocycles. The van der Waals surface area contributed by atoms with Crippen LogP contribution in [0.4, 0.5) is 4.39 Å². The first-order valence-electron chi connectivity index (χ1n) is 7.78. The number of carbonyl (C=O) groups excluding carboxylic acids is 2. The highest BCUT2D eigenvalue weighted by atomic mass is 19.1. The van der Waals surface area contributed by atoms with Crippen LogP contribution in [-0.2, 0) is 16.1 Å². The zero-order valence-electron chi connectivity index (χ0n) is 12.5. The van der Waals surface area contributed by atoms with Gasteiger partial charge in [0.25, 0.3) is 5.91 Å². The fourth-order valence-corrected chi connectivity index (χ4v) is 3.84. The number of aliphatic hydroxyl groups is 1. The lowest BCUT2D eigenvalue weighted by molar-refractivity contribution is -0.171.